The minimum atomic E-state index is -4.26. The maximum atomic E-state index is 10.9. The van der Waals surface area contributed by atoms with Gasteiger partial charge in [0.25, 0.3) is 10.1 Å². The van der Waals surface area contributed by atoms with E-state index in [1.54, 1.807) is 0 Å². The fraction of sp³-hybridized carbons (Fsp3) is 0. The molecule has 5 N–H and O–H groups in total. The van der Waals surface area contributed by atoms with Gasteiger partial charge >= 0.3 is 0 Å². The molecule has 1 aromatic heterocycles. The summed E-state index contributed by atoms with van der Waals surface area (Å²) in [6.45, 7) is 0. The number of aromatic nitrogens is 2. The molecule has 0 amide bonds. The summed E-state index contributed by atoms with van der Waals surface area (Å²) in [6, 6.07) is 3.80. The van der Waals surface area contributed by atoms with Crippen LogP contribution in [0, 0.1) is 0 Å². The van der Waals surface area contributed by atoms with E-state index >= 15 is 0 Å². The second-order valence-corrected chi connectivity index (χ2v) is 4.54. The van der Waals surface area contributed by atoms with Crippen LogP contribution in [0.4, 0.5) is 11.8 Å². The average molecular weight is 240 g/mol. The van der Waals surface area contributed by atoms with Gasteiger partial charge in [0.15, 0.2) is 0 Å². The fourth-order valence-electron chi connectivity index (χ4n) is 1.31. The van der Waals surface area contributed by atoms with Crippen LogP contribution in [0.2, 0.25) is 0 Å². The first-order valence-corrected chi connectivity index (χ1v) is 5.62. The van der Waals surface area contributed by atoms with Gasteiger partial charge in [-0.3, -0.25) is 4.55 Å². The van der Waals surface area contributed by atoms with Crippen LogP contribution < -0.4 is 11.5 Å². The van der Waals surface area contributed by atoms with Crippen molar-refractivity contribution in [3.63, 3.8) is 0 Å². The maximum Gasteiger partial charge on any atom is 0.294 e. The number of hydrogen-bond acceptors (Lipinski definition) is 6. The number of anilines is 2. The van der Waals surface area contributed by atoms with Crippen molar-refractivity contribution in [1.82, 2.24) is 9.97 Å². The number of benzene rings is 1. The van der Waals surface area contributed by atoms with E-state index in [0.29, 0.717) is 10.9 Å². The Balaban J connectivity index is 2.82. The molecule has 1 heterocycles. The lowest BCUT2D eigenvalue weighted by Gasteiger charge is -2.03. The first-order chi connectivity index (χ1) is 7.38. The van der Waals surface area contributed by atoms with Crippen molar-refractivity contribution in [2.45, 2.75) is 4.90 Å². The third-order valence-corrected chi connectivity index (χ3v) is 2.86. The highest BCUT2D eigenvalue weighted by molar-refractivity contribution is 7.85. The van der Waals surface area contributed by atoms with Gasteiger partial charge < -0.3 is 11.5 Å². The molecule has 0 saturated carbocycles. The summed E-state index contributed by atoms with van der Waals surface area (Å²) < 4.78 is 30.7. The Morgan fingerprint density at radius 3 is 2.50 bits per heavy atom. The molecule has 2 aromatic rings. The zero-order valence-electron chi connectivity index (χ0n) is 7.95. The molecule has 16 heavy (non-hydrogen) atoms. The van der Waals surface area contributed by atoms with Crippen molar-refractivity contribution in [2.24, 2.45) is 0 Å². The van der Waals surface area contributed by atoms with Crippen LogP contribution in [-0.2, 0) is 10.1 Å². The van der Waals surface area contributed by atoms with Gasteiger partial charge in [-0.05, 0) is 18.2 Å². The lowest BCUT2D eigenvalue weighted by molar-refractivity contribution is 0.483. The van der Waals surface area contributed by atoms with Crippen LogP contribution in [0.3, 0.4) is 0 Å². The van der Waals surface area contributed by atoms with E-state index in [4.69, 9.17) is 16.0 Å². The molecule has 0 aliphatic rings. The number of nitrogen functional groups attached to an aromatic ring is 2. The second kappa shape index (κ2) is 3.29. The molecule has 0 saturated heterocycles. The molecule has 0 atom stereocenters. The standard InChI is InChI=1S/C8H8N4O3S/c9-7-5-3-4(16(13,14)15)1-2-6(5)11-8(10)12-7/h1-3H,(H,13,14,15)(H4,9,10,11,12). The molecular weight excluding hydrogens is 232 g/mol. The molecule has 0 aliphatic carbocycles. The topological polar surface area (TPSA) is 132 Å². The first-order valence-electron chi connectivity index (χ1n) is 4.18. The largest absolute Gasteiger partial charge is 0.383 e. The summed E-state index contributed by atoms with van der Waals surface area (Å²) in [7, 11) is -4.26. The Hall–Kier alpha value is -1.93. The fourth-order valence-corrected chi connectivity index (χ4v) is 1.82. The normalized spacial score (nSPS) is 11.8. The monoisotopic (exact) mass is 240 g/mol. The minimum Gasteiger partial charge on any atom is -0.383 e. The summed E-state index contributed by atoms with van der Waals surface area (Å²) in [5.41, 5.74) is 11.4. The van der Waals surface area contributed by atoms with Crippen molar-refractivity contribution in [1.29, 1.82) is 0 Å². The SMILES string of the molecule is Nc1nc(N)c2cc(S(=O)(=O)O)ccc2n1. The Morgan fingerprint density at radius 1 is 1.19 bits per heavy atom. The summed E-state index contributed by atoms with van der Waals surface area (Å²) >= 11 is 0. The summed E-state index contributed by atoms with van der Waals surface area (Å²) in [4.78, 5) is 7.30. The van der Waals surface area contributed by atoms with Crippen molar-refractivity contribution in [2.75, 3.05) is 11.5 Å². The van der Waals surface area contributed by atoms with Crippen molar-refractivity contribution in [3.8, 4) is 0 Å². The van der Waals surface area contributed by atoms with E-state index in [0.717, 1.165) is 0 Å². The molecule has 8 heteroatoms. The Bertz CT molecular complexity index is 668. The van der Waals surface area contributed by atoms with Crippen LogP contribution in [0.1, 0.15) is 0 Å². The lowest BCUT2D eigenvalue weighted by Crippen LogP contribution is -2.02. The van der Waals surface area contributed by atoms with E-state index < -0.39 is 10.1 Å². The van der Waals surface area contributed by atoms with Gasteiger partial charge in [0.1, 0.15) is 5.82 Å². The van der Waals surface area contributed by atoms with Crippen molar-refractivity contribution >= 4 is 32.8 Å². The van der Waals surface area contributed by atoms with E-state index in [-0.39, 0.29) is 16.7 Å². The minimum absolute atomic E-state index is 0.00426. The van der Waals surface area contributed by atoms with Gasteiger partial charge in [0.2, 0.25) is 5.95 Å². The Kier molecular flexibility index (Phi) is 2.17. The highest BCUT2D eigenvalue weighted by Gasteiger charge is 2.12. The average Bonchev–Trinajstić information content (AvgIpc) is 2.15. The molecule has 84 valence electrons. The number of nitrogens with two attached hydrogens (primary N) is 2. The molecule has 2 rings (SSSR count). The van der Waals surface area contributed by atoms with Gasteiger partial charge in [0.05, 0.1) is 10.4 Å². The van der Waals surface area contributed by atoms with Crippen molar-refractivity contribution in [3.05, 3.63) is 18.2 Å². The molecule has 0 fully saturated rings. The summed E-state index contributed by atoms with van der Waals surface area (Å²) in [5.74, 6) is 0.0672. The molecule has 0 aliphatic heterocycles. The van der Waals surface area contributed by atoms with Crippen LogP contribution in [-0.4, -0.2) is 22.9 Å². The zero-order valence-corrected chi connectivity index (χ0v) is 8.77. The highest BCUT2D eigenvalue weighted by atomic mass is 32.2. The maximum absolute atomic E-state index is 10.9. The van der Waals surface area contributed by atoms with E-state index in [1.807, 2.05) is 0 Å². The summed E-state index contributed by atoms with van der Waals surface area (Å²) in [6.07, 6.45) is 0. The molecule has 1 aromatic carbocycles. The molecule has 0 spiro atoms. The van der Waals surface area contributed by atoms with Gasteiger partial charge in [0, 0.05) is 5.39 Å². The first kappa shape index (κ1) is 10.6. The van der Waals surface area contributed by atoms with Gasteiger partial charge in [-0.2, -0.15) is 13.4 Å². The Labute approximate surface area is 90.9 Å². The van der Waals surface area contributed by atoms with Crippen LogP contribution in [0.25, 0.3) is 10.9 Å². The predicted octanol–water partition coefficient (Wildman–Crippen LogP) is 0.0409. The molecule has 0 unspecified atom stereocenters. The number of fused-ring (bicyclic) bond motifs is 1. The molecular formula is C8H8N4O3S. The second-order valence-electron chi connectivity index (χ2n) is 3.12. The van der Waals surface area contributed by atoms with Gasteiger partial charge in [-0.1, -0.05) is 0 Å². The molecule has 7 nitrogen and oxygen atoms in total. The number of nitrogens with zero attached hydrogens (tertiary/aromatic N) is 2. The van der Waals surface area contributed by atoms with Gasteiger partial charge in [-0.15, -0.1) is 0 Å². The highest BCUT2D eigenvalue weighted by Crippen LogP contribution is 2.22. The van der Waals surface area contributed by atoms with Gasteiger partial charge in [-0.25, -0.2) is 4.98 Å². The zero-order chi connectivity index (χ0) is 11.9. The quantitative estimate of drug-likeness (QED) is 0.599. The lowest BCUT2D eigenvalue weighted by atomic mass is 10.2. The molecule has 0 radical (unpaired) electrons. The Morgan fingerprint density at radius 2 is 1.88 bits per heavy atom. The predicted molar refractivity (Wildman–Crippen MR) is 58.2 cm³/mol. The summed E-state index contributed by atoms with van der Waals surface area (Å²) in [5, 5.41) is 0.323. The smallest absolute Gasteiger partial charge is 0.294 e. The van der Waals surface area contributed by atoms with Crippen LogP contribution in [0.15, 0.2) is 23.1 Å². The third-order valence-electron chi connectivity index (χ3n) is 2.01. The molecule has 0 bridgehead atoms. The van der Waals surface area contributed by atoms with E-state index in [1.165, 1.54) is 18.2 Å². The van der Waals surface area contributed by atoms with Crippen LogP contribution >= 0.6 is 0 Å². The third kappa shape index (κ3) is 1.75. The van der Waals surface area contributed by atoms with Crippen LogP contribution in [0.5, 0.6) is 0 Å². The van der Waals surface area contributed by atoms with E-state index in [2.05, 4.69) is 9.97 Å². The van der Waals surface area contributed by atoms with Crippen molar-refractivity contribution < 1.29 is 13.0 Å². The van der Waals surface area contributed by atoms with E-state index in [9.17, 15) is 8.42 Å². The number of hydrogen-bond donors (Lipinski definition) is 3. The number of rotatable bonds is 1.